The Hall–Kier alpha value is -2.10. The van der Waals surface area contributed by atoms with Crippen LogP contribution in [0.5, 0.6) is 0 Å². The normalized spacial score (nSPS) is 12.3. The van der Waals surface area contributed by atoms with Crippen LogP contribution in [-0.2, 0) is 26.2 Å². The van der Waals surface area contributed by atoms with Crippen molar-refractivity contribution in [2.45, 2.75) is 39.4 Å². The van der Waals surface area contributed by atoms with Crippen LogP contribution < -0.4 is 9.62 Å². The first-order chi connectivity index (χ1) is 14.9. The van der Waals surface area contributed by atoms with Gasteiger partial charge in [0.2, 0.25) is 21.8 Å². The zero-order valence-corrected chi connectivity index (χ0v) is 21.5. The second-order valence-electron chi connectivity index (χ2n) is 7.71. The van der Waals surface area contributed by atoms with E-state index in [9.17, 15) is 18.0 Å². The minimum Gasteiger partial charge on any atom is -0.352 e. The maximum absolute atomic E-state index is 13.4. The molecule has 0 radical (unpaired) electrons. The zero-order chi connectivity index (χ0) is 24.1. The third kappa shape index (κ3) is 7.21. The van der Waals surface area contributed by atoms with Crippen molar-refractivity contribution in [3.8, 4) is 0 Å². The van der Waals surface area contributed by atoms with E-state index < -0.39 is 28.5 Å². The molecule has 1 atom stereocenters. The summed E-state index contributed by atoms with van der Waals surface area (Å²) in [5.74, 6) is -0.848. The van der Waals surface area contributed by atoms with Gasteiger partial charge in [-0.3, -0.25) is 13.9 Å². The number of halogens is 2. The summed E-state index contributed by atoms with van der Waals surface area (Å²) in [6.45, 7) is 4.93. The summed E-state index contributed by atoms with van der Waals surface area (Å²) in [5, 5.41) is 3.01. The van der Waals surface area contributed by atoms with Gasteiger partial charge in [0, 0.05) is 17.1 Å². The highest BCUT2D eigenvalue weighted by atomic mass is 79.9. The minimum atomic E-state index is -3.82. The molecule has 0 saturated heterocycles. The highest BCUT2D eigenvalue weighted by Gasteiger charge is 2.30. The second kappa shape index (κ2) is 11.2. The summed E-state index contributed by atoms with van der Waals surface area (Å²) in [6.07, 6.45) is 1.01. The van der Waals surface area contributed by atoms with E-state index in [2.05, 4.69) is 21.2 Å². The SMILES string of the molecule is CC(C)NC(=O)[C@H](C)N(Cc1ccc(Br)cc1)C(=O)CN(c1ccccc1Cl)S(C)(=O)=O. The van der Waals surface area contributed by atoms with Gasteiger partial charge in [-0.1, -0.05) is 51.8 Å². The molecule has 1 N–H and O–H groups in total. The van der Waals surface area contributed by atoms with Gasteiger partial charge in [-0.2, -0.15) is 0 Å². The molecule has 32 heavy (non-hydrogen) atoms. The lowest BCUT2D eigenvalue weighted by Crippen LogP contribution is -2.52. The van der Waals surface area contributed by atoms with E-state index in [-0.39, 0.29) is 29.2 Å². The molecular formula is C22H27BrClN3O4S. The minimum absolute atomic E-state index is 0.106. The van der Waals surface area contributed by atoms with Crippen LogP contribution in [0.3, 0.4) is 0 Å². The van der Waals surface area contributed by atoms with Gasteiger partial charge in [0.1, 0.15) is 12.6 Å². The molecule has 0 heterocycles. The molecule has 0 bridgehead atoms. The van der Waals surface area contributed by atoms with E-state index in [0.29, 0.717) is 0 Å². The van der Waals surface area contributed by atoms with E-state index >= 15 is 0 Å². The Morgan fingerprint density at radius 1 is 1.06 bits per heavy atom. The molecule has 0 fully saturated rings. The monoisotopic (exact) mass is 543 g/mol. The molecular weight excluding hydrogens is 518 g/mol. The fourth-order valence-corrected chi connectivity index (χ4v) is 4.44. The molecule has 0 aliphatic heterocycles. The molecule has 0 aliphatic carbocycles. The fourth-order valence-electron chi connectivity index (χ4n) is 3.02. The summed E-state index contributed by atoms with van der Waals surface area (Å²) >= 11 is 9.58. The third-order valence-electron chi connectivity index (χ3n) is 4.66. The van der Waals surface area contributed by atoms with Crippen molar-refractivity contribution in [1.82, 2.24) is 10.2 Å². The quantitative estimate of drug-likeness (QED) is 0.520. The molecule has 174 valence electrons. The summed E-state index contributed by atoms with van der Waals surface area (Å²) in [7, 11) is -3.82. The number of carbonyl (C=O) groups excluding carboxylic acids is 2. The Labute approximate surface area is 202 Å². The highest BCUT2D eigenvalue weighted by Crippen LogP contribution is 2.27. The fraction of sp³-hybridized carbons (Fsp3) is 0.364. The number of nitrogens with one attached hydrogen (secondary N) is 1. The Morgan fingerprint density at radius 3 is 2.19 bits per heavy atom. The van der Waals surface area contributed by atoms with Gasteiger partial charge in [-0.25, -0.2) is 8.42 Å². The molecule has 7 nitrogen and oxygen atoms in total. The van der Waals surface area contributed by atoms with Crippen molar-refractivity contribution in [1.29, 1.82) is 0 Å². The Kier molecular flexibility index (Phi) is 9.12. The van der Waals surface area contributed by atoms with Gasteiger partial charge < -0.3 is 10.2 Å². The van der Waals surface area contributed by atoms with Crippen molar-refractivity contribution in [2.24, 2.45) is 0 Å². The molecule has 10 heteroatoms. The topological polar surface area (TPSA) is 86.8 Å². The summed E-state index contributed by atoms with van der Waals surface area (Å²) in [4.78, 5) is 27.4. The number of hydrogen-bond acceptors (Lipinski definition) is 4. The third-order valence-corrected chi connectivity index (χ3v) is 6.64. The second-order valence-corrected chi connectivity index (χ2v) is 10.9. The number of rotatable bonds is 9. The van der Waals surface area contributed by atoms with Gasteiger partial charge in [-0.05, 0) is 50.6 Å². The molecule has 2 aromatic carbocycles. The predicted molar refractivity (Wildman–Crippen MR) is 131 cm³/mol. The van der Waals surface area contributed by atoms with Crippen LogP contribution in [0.2, 0.25) is 5.02 Å². The van der Waals surface area contributed by atoms with Gasteiger partial charge in [0.05, 0.1) is 17.0 Å². The number of carbonyl (C=O) groups is 2. The predicted octanol–water partition coefficient (Wildman–Crippen LogP) is 3.81. The van der Waals surface area contributed by atoms with Crippen molar-refractivity contribution in [3.05, 3.63) is 63.6 Å². The number of anilines is 1. The smallest absolute Gasteiger partial charge is 0.244 e. The van der Waals surface area contributed by atoms with Gasteiger partial charge in [0.15, 0.2) is 0 Å². The number of para-hydroxylation sites is 1. The summed E-state index contributed by atoms with van der Waals surface area (Å²) in [6, 6.07) is 12.8. The summed E-state index contributed by atoms with van der Waals surface area (Å²) < 4.78 is 26.8. The molecule has 0 aliphatic rings. The van der Waals surface area contributed by atoms with Crippen LogP contribution in [0.1, 0.15) is 26.3 Å². The van der Waals surface area contributed by atoms with E-state index in [1.165, 1.54) is 11.0 Å². The van der Waals surface area contributed by atoms with Crippen LogP contribution in [0.25, 0.3) is 0 Å². The van der Waals surface area contributed by atoms with E-state index in [1.54, 1.807) is 25.1 Å². The van der Waals surface area contributed by atoms with Crippen molar-refractivity contribution in [2.75, 3.05) is 17.1 Å². The molecule has 2 rings (SSSR count). The number of benzene rings is 2. The van der Waals surface area contributed by atoms with Crippen molar-refractivity contribution >= 4 is 55.1 Å². The Balaban J connectivity index is 2.39. The van der Waals surface area contributed by atoms with Crippen molar-refractivity contribution < 1.29 is 18.0 Å². The Morgan fingerprint density at radius 2 is 1.66 bits per heavy atom. The van der Waals surface area contributed by atoms with E-state index in [0.717, 1.165) is 20.6 Å². The van der Waals surface area contributed by atoms with Crippen LogP contribution in [-0.4, -0.2) is 50.0 Å². The maximum Gasteiger partial charge on any atom is 0.244 e. The molecule has 0 aromatic heterocycles. The van der Waals surface area contributed by atoms with Crippen LogP contribution in [0, 0.1) is 0 Å². The van der Waals surface area contributed by atoms with Gasteiger partial charge in [-0.15, -0.1) is 0 Å². The lowest BCUT2D eigenvalue weighted by molar-refractivity contribution is -0.139. The van der Waals surface area contributed by atoms with Gasteiger partial charge in [0.25, 0.3) is 0 Å². The number of amides is 2. The first-order valence-corrected chi connectivity index (χ1v) is 13.0. The highest BCUT2D eigenvalue weighted by molar-refractivity contribution is 9.10. The first kappa shape index (κ1) is 26.2. The van der Waals surface area contributed by atoms with Crippen LogP contribution in [0.4, 0.5) is 5.69 Å². The van der Waals surface area contributed by atoms with Crippen molar-refractivity contribution in [3.63, 3.8) is 0 Å². The van der Waals surface area contributed by atoms with E-state index in [4.69, 9.17) is 11.6 Å². The molecule has 2 amide bonds. The Bertz CT molecular complexity index is 1060. The average Bonchev–Trinajstić information content (AvgIpc) is 2.70. The van der Waals surface area contributed by atoms with Gasteiger partial charge >= 0.3 is 0 Å². The molecule has 2 aromatic rings. The standard InChI is InChI=1S/C22H27BrClN3O4S/c1-15(2)25-22(29)16(3)26(13-17-9-11-18(23)12-10-17)21(28)14-27(32(4,30)31)20-8-6-5-7-19(20)24/h5-12,15-16H,13-14H2,1-4H3,(H,25,29)/t16-/m0/s1. The first-order valence-electron chi connectivity index (χ1n) is 9.96. The average molecular weight is 545 g/mol. The number of hydrogen-bond donors (Lipinski definition) is 1. The van der Waals surface area contributed by atoms with E-state index in [1.807, 2.05) is 38.1 Å². The number of sulfonamides is 1. The lowest BCUT2D eigenvalue weighted by atomic mass is 10.1. The van der Waals surface area contributed by atoms with Crippen LogP contribution >= 0.6 is 27.5 Å². The largest absolute Gasteiger partial charge is 0.352 e. The van der Waals surface area contributed by atoms with Crippen LogP contribution in [0.15, 0.2) is 53.0 Å². The zero-order valence-electron chi connectivity index (χ0n) is 18.4. The molecule has 0 saturated carbocycles. The molecule has 0 spiro atoms. The summed E-state index contributed by atoms with van der Waals surface area (Å²) in [5.41, 5.74) is 1.00. The lowest BCUT2D eigenvalue weighted by Gasteiger charge is -2.32. The maximum atomic E-state index is 13.4. The number of nitrogens with zero attached hydrogens (tertiary/aromatic N) is 2. The molecule has 0 unspecified atom stereocenters.